The van der Waals surface area contributed by atoms with Gasteiger partial charge in [0, 0.05) is 38.1 Å². The number of hydrogen-bond donors (Lipinski definition) is 1. The maximum Gasteiger partial charge on any atom is 0.259 e. The zero-order valence-corrected chi connectivity index (χ0v) is 21.4. The molecule has 2 aromatic heterocycles. The molecule has 1 aliphatic heterocycles. The highest BCUT2D eigenvalue weighted by Crippen LogP contribution is 2.32. The standard InChI is InChI=1S/C28H36N4O4/c1-19-16-32(20(2)18-33)28(35)24-13-23(22-9-5-4-6-10-22)15-30-27(24)36-25(19)17-31(3)26(34)12-21-8-7-11-29-14-21/h7-9,11,13-15,19-20,25,33H,4-6,10,12,16-18H2,1-3H3/t19-,20+,25-/m1/s1. The molecule has 8 heteroatoms. The van der Waals surface area contributed by atoms with Crippen LogP contribution in [-0.4, -0.2) is 75.6 Å². The summed E-state index contributed by atoms with van der Waals surface area (Å²) in [4.78, 5) is 38.6. The van der Waals surface area contributed by atoms with Gasteiger partial charge < -0.3 is 19.6 Å². The lowest BCUT2D eigenvalue weighted by molar-refractivity contribution is -0.130. The highest BCUT2D eigenvalue weighted by molar-refractivity contribution is 5.97. The summed E-state index contributed by atoms with van der Waals surface area (Å²) >= 11 is 0. The number of nitrogens with zero attached hydrogens (tertiary/aromatic N) is 4. The number of hydrogen-bond acceptors (Lipinski definition) is 6. The lowest BCUT2D eigenvalue weighted by Crippen LogP contribution is -2.50. The Balaban J connectivity index is 1.61. The first-order valence-corrected chi connectivity index (χ1v) is 12.8. The summed E-state index contributed by atoms with van der Waals surface area (Å²) in [6.45, 7) is 4.46. The number of aromatic nitrogens is 2. The maximum absolute atomic E-state index is 13.6. The minimum absolute atomic E-state index is 0.0368. The van der Waals surface area contributed by atoms with Gasteiger partial charge in [-0.2, -0.15) is 0 Å². The molecule has 2 amide bonds. The van der Waals surface area contributed by atoms with Crippen LogP contribution in [0.4, 0.5) is 0 Å². The smallest absolute Gasteiger partial charge is 0.259 e. The van der Waals surface area contributed by atoms with Gasteiger partial charge in [0.2, 0.25) is 11.8 Å². The number of aliphatic hydroxyl groups is 1. The number of allylic oxidation sites excluding steroid dienone is 2. The number of rotatable bonds is 7. The van der Waals surface area contributed by atoms with Gasteiger partial charge in [0.25, 0.3) is 5.91 Å². The van der Waals surface area contributed by atoms with Crippen molar-refractivity contribution < 1.29 is 19.4 Å². The minimum atomic E-state index is -0.375. The molecular weight excluding hydrogens is 456 g/mol. The molecule has 0 saturated heterocycles. The van der Waals surface area contributed by atoms with E-state index in [-0.39, 0.29) is 48.8 Å². The van der Waals surface area contributed by atoms with Crippen molar-refractivity contribution >= 4 is 17.4 Å². The van der Waals surface area contributed by atoms with E-state index in [9.17, 15) is 14.7 Å². The second-order valence-corrected chi connectivity index (χ2v) is 9.99. The SMILES string of the molecule is C[C@@H]1CN([C@@H](C)CO)C(=O)c2cc(C3=CCCCC3)cnc2O[C@@H]1CN(C)C(=O)Cc1cccnc1. The van der Waals surface area contributed by atoms with Crippen molar-refractivity contribution in [1.29, 1.82) is 0 Å². The van der Waals surface area contributed by atoms with E-state index in [1.807, 2.05) is 32.0 Å². The van der Waals surface area contributed by atoms with Crippen molar-refractivity contribution in [3.05, 3.63) is 59.6 Å². The average molecular weight is 493 g/mol. The first-order valence-electron chi connectivity index (χ1n) is 12.8. The van der Waals surface area contributed by atoms with E-state index in [0.29, 0.717) is 18.7 Å². The Morgan fingerprint density at radius 2 is 2.17 bits per heavy atom. The topological polar surface area (TPSA) is 95.9 Å². The molecule has 2 aliphatic rings. The molecule has 1 aliphatic carbocycles. The number of carbonyl (C=O) groups is 2. The quantitative estimate of drug-likeness (QED) is 0.637. The van der Waals surface area contributed by atoms with Crippen LogP contribution in [0.3, 0.4) is 0 Å². The Bertz CT molecular complexity index is 1100. The predicted molar refractivity (Wildman–Crippen MR) is 137 cm³/mol. The van der Waals surface area contributed by atoms with E-state index < -0.39 is 0 Å². The molecule has 3 atom stereocenters. The zero-order chi connectivity index (χ0) is 25.7. The molecule has 0 spiro atoms. The number of pyridine rings is 2. The second kappa shape index (κ2) is 11.6. The van der Waals surface area contributed by atoms with E-state index in [2.05, 4.69) is 16.0 Å². The molecule has 36 heavy (non-hydrogen) atoms. The van der Waals surface area contributed by atoms with Gasteiger partial charge in [-0.1, -0.05) is 19.1 Å². The summed E-state index contributed by atoms with van der Waals surface area (Å²) in [6.07, 6.45) is 11.6. The second-order valence-electron chi connectivity index (χ2n) is 9.99. The highest BCUT2D eigenvalue weighted by atomic mass is 16.5. The number of fused-ring (bicyclic) bond motifs is 1. The van der Waals surface area contributed by atoms with Gasteiger partial charge in [-0.05, 0) is 61.4 Å². The Morgan fingerprint density at radius 1 is 1.33 bits per heavy atom. The first-order chi connectivity index (χ1) is 17.4. The van der Waals surface area contributed by atoms with E-state index in [4.69, 9.17) is 4.74 Å². The average Bonchev–Trinajstić information content (AvgIpc) is 2.91. The molecule has 4 rings (SSSR count). The van der Waals surface area contributed by atoms with Crippen LogP contribution in [0.5, 0.6) is 5.88 Å². The van der Waals surface area contributed by atoms with Crippen LogP contribution in [-0.2, 0) is 11.2 Å². The third kappa shape index (κ3) is 5.93. The molecule has 0 aromatic carbocycles. The molecule has 0 unspecified atom stereocenters. The van der Waals surface area contributed by atoms with Gasteiger partial charge in [0.15, 0.2) is 0 Å². The molecule has 192 valence electrons. The summed E-state index contributed by atoms with van der Waals surface area (Å²) in [5.74, 6) is -0.0406. The van der Waals surface area contributed by atoms with Crippen molar-refractivity contribution in [2.45, 2.75) is 58.1 Å². The van der Waals surface area contributed by atoms with Crippen LogP contribution >= 0.6 is 0 Å². The molecule has 3 heterocycles. The van der Waals surface area contributed by atoms with Crippen molar-refractivity contribution in [2.24, 2.45) is 5.92 Å². The number of carbonyl (C=O) groups excluding carboxylic acids is 2. The summed E-state index contributed by atoms with van der Waals surface area (Å²) in [5.41, 5.74) is 3.40. The predicted octanol–water partition coefficient (Wildman–Crippen LogP) is 3.36. The van der Waals surface area contributed by atoms with E-state index >= 15 is 0 Å². The molecule has 0 fully saturated rings. The fourth-order valence-corrected chi connectivity index (χ4v) is 4.78. The molecular formula is C28H36N4O4. The molecule has 0 bridgehead atoms. The summed E-state index contributed by atoms with van der Waals surface area (Å²) in [5, 5.41) is 9.88. The minimum Gasteiger partial charge on any atom is -0.472 e. The zero-order valence-electron chi connectivity index (χ0n) is 21.4. The number of aliphatic hydroxyl groups excluding tert-OH is 1. The fraction of sp³-hybridized carbons (Fsp3) is 0.500. The van der Waals surface area contributed by atoms with Crippen LogP contribution in [0, 0.1) is 5.92 Å². The monoisotopic (exact) mass is 492 g/mol. The summed E-state index contributed by atoms with van der Waals surface area (Å²) < 4.78 is 6.35. The van der Waals surface area contributed by atoms with Crippen LogP contribution in [0.1, 0.15) is 61.0 Å². The van der Waals surface area contributed by atoms with Crippen molar-refractivity contribution in [3.63, 3.8) is 0 Å². The number of amides is 2. The number of ether oxygens (including phenoxy) is 1. The molecule has 0 saturated carbocycles. The van der Waals surface area contributed by atoms with Crippen LogP contribution in [0.15, 0.2) is 42.9 Å². The normalized spacial score (nSPS) is 20.9. The lowest BCUT2D eigenvalue weighted by Gasteiger charge is -2.37. The highest BCUT2D eigenvalue weighted by Gasteiger charge is 2.35. The molecule has 0 radical (unpaired) electrons. The van der Waals surface area contributed by atoms with E-state index in [0.717, 1.165) is 30.4 Å². The van der Waals surface area contributed by atoms with Crippen LogP contribution in [0.25, 0.3) is 5.57 Å². The summed E-state index contributed by atoms with van der Waals surface area (Å²) in [7, 11) is 1.76. The third-order valence-electron chi connectivity index (χ3n) is 7.14. The largest absolute Gasteiger partial charge is 0.472 e. The van der Waals surface area contributed by atoms with E-state index in [1.165, 1.54) is 12.0 Å². The Kier molecular flexibility index (Phi) is 8.36. The van der Waals surface area contributed by atoms with Crippen molar-refractivity contribution in [2.75, 3.05) is 26.7 Å². The van der Waals surface area contributed by atoms with Gasteiger partial charge in [0.1, 0.15) is 11.7 Å². The number of likely N-dealkylation sites (N-methyl/N-ethyl adjacent to an activating group) is 1. The van der Waals surface area contributed by atoms with Gasteiger partial charge >= 0.3 is 0 Å². The van der Waals surface area contributed by atoms with Crippen LogP contribution < -0.4 is 4.74 Å². The van der Waals surface area contributed by atoms with Gasteiger partial charge in [0.05, 0.1) is 25.6 Å². The lowest BCUT2D eigenvalue weighted by atomic mass is 9.93. The van der Waals surface area contributed by atoms with Crippen molar-refractivity contribution in [3.8, 4) is 5.88 Å². The van der Waals surface area contributed by atoms with Gasteiger partial charge in [-0.3, -0.25) is 14.6 Å². The van der Waals surface area contributed by atoms with Crippen LogP contribution in [0.2, 0.25) is 0 Å². The Labute approximate surface area is 213 Å². The van der Waals surface area contributed by atoms with Gasteiger partial charge in [-0.15, -0.1) is 0 Å². The molecule has 1 N–H and O–H groups in total. The molecule has 2 aromatic rings. The first kappa shape index (κ1) is 25.8. The van der Waals surface area contributed by atoms with E-state index in [1.54, 1.807) is 35.4 Å². The molecule has 8 nitrogen and oxygen atoms in total. The third-order valence-corrected chi connectivity index (χ3v) is 7.14. The Hall–Kier alpha value is -3.26. The maximum atomic E-state index is 13.6. The fourth-order valence-electron chi connectivity index (χ4n) is 4.78. The van der Waals surface area contributed by atoms with Gasteiger partial charge in [-0.25, -0.2) is 4.98 Å². The summed E-state index contributed by atoms with van der Waals surface area (Å²) in [6, 6.07) is 5.22. The van der Waals surface area contributed by atoms with Crippen molar-refractivity contribution in [1.82, 2.24) is 19.8 Å². The Morgan fingerprint density at radius 3 is 2.86 bits per heavy atom.